The van der Waals surface area contributed by atoms with Gasteiger partial charge in [0.15, 0.2) is 6.10 Å². The molecule has 6 nitrogen and oxygen atoms in total. The SMILES string of the molecule is CC/C=C\C/C=C\C/C=C\CCCCCCCC(=O)OCC(COC(=O)CCCCCCC/C=C\C/C=C\C/C=C\CC)OC(=O)CCCCCCCCCCCCCC. The molecule has 0 aromatic heterocycles. The van der Waals surface area contributed by atoms with Gasteiger partial charge < -0.3 is 14.2 Å². The minimum Gasteiger partial charge on any atom is -0.462 e. The Labute approximate surface area is 370 Å². The molecule has 0 fully saturated rings. The van der Waals surface area contributed by atoms with Gasteiger partial charge in [-0.05, 0) is 83.5 Å². The van der Waals surface area contributed by atoms with Crippen LogP contribution in [0.25, 0.3) is 0 Å². The summed E-state index contributed by atoms with van der Waals surface area (Å²) < 4.78 is 16.8. The summed E-state index contributed by atoms with van der Waals surface area (Å²) in [6.45, 7) is 6.38. The highest BCUT2D eigenvalue weighted by molar-refractivity contribution is 5.71. The van der Waals surface area contributed by atoms with E-state index in [2.05, 4.69) is 93.7 Å². The van der Waals surface area contributed by atoms with E-state index in [-0.39, 0.29) is 31.1 Å². The second kappa shape index (κ2) is 48.5. The van der Waals surface area contributed by atoms with Crippen LogP contribution < -0.4 is 0 Å². The van der Waals surface area contributed by atoms with Crippen molar-refractivity contribution in [2.24, 2.45) is 0 Å². The van der Waals surface area contributed by atoms with Gasteiger partial charge in [0.1, 0.15) is 13.2 Å². The fourth-order valence-corrected chi connectivity index (χ4v) is 6.76. The van der Waals surface area contributed by atoms with Crippen LogP contribution in [0.5, 0.6) is 0 Å². The van der Waals surface area contributed by atoms with E-state index >= 15 is 0 Å². The Morgan fingerprint density at radius 3 is 1.02 bits per heavy atom. The van der Waals surface area contributed by atoms with Crippen LogP contribution in [0.1, 0.15) is 233 Å². The molecule has 0 unspecified atom stereocenters. The molecule has 344 valence electrons. The molecule has 0 aromatic rings. The highest BCUT2D eigenvalue weighted by Gasteiger charge is 2.19. The van der Waals surface area contributed by atoms with Gasteiger partial charge in [-0.25, -0.2) is 0 Å². The number of hydrogen-bond acceptors (Lipinski definition) is 6. The topological polar surface area (TPSA) is 78.9 Å². The quantitative estimate of drug-likeness (QED) is 0.0263. The Kier molecular flexibility index (Phi) is 46.0. The Morgan fingerprint density at radius 2 is 0.650 bits per heavy atom. The Balaban J connectivity index is 4.42. The van der Waals surface area contributed by atoms with Gasteiger partial charge in [-0.2, -0.15) is 0 Å². The van der Waals surface area contributed by atoms with E-state index in [0.717, 1.165) is 135 Å². The lowest BCUT2D eigenvalue weighted by Gasteiger charge is -2.18. The number of esters is 3. The zero-order valence-electron chi connectivity index (χ0n) is 39.2. The van der Waals surface area contributed by atoms with Crippen LogP contribution in [-0.2, 0) is 28.6 Å². The zero-order chi connectivity index (χ0) is 43.7. The summed E-state index contributed by atoms with van der Waals surface area (Å²) in [4.78, 5) is 37.9. The summed E-state index contributed by atoms with van der Waals surface area (Å²) in [5.41, 5.74) is 0. The molecule has 6 heteroatoms. The first-order valence-corrected chi connectivity index (χ1v) is 24.9. The van der Waals surface area contributed by atoms with Crippen molar-refractivity contribution in [3.8, 4) is 0 Å². The first-order chi connectivity index (χ1) is 29.5. The molecule has 0 rings (SSSR count). The summed E-state index contributed by atoms with van der Waals surface area (Å²) in [6, 6.07) is 0. The number of unbranched alkanes of at least 4 members (excludes halogenated alkanes) is 21. The van der Waals surface area contributed by atoms with Crippen molar-refractivity contribution in [2.45, 2.75) is 239 Å². The molecule has 0 atom stereocenters. The lowest BCUT2D eigenvalue weighted by molar-refractivity contribution is -0.167. The predicted molar refractivity (Wildman–Crippen MR) is 256 cm³/mol. The van der Waals surface area contributed by atoms with Gasteiger partial charge in [-0.15, -0.1) is 0 Å². The molecule has 0 aliphatic carbocycles. The molecule has 0 bridgehead atoms. The Bertz CT molecular complexity index is 1080. The maximum absolute atomic E-state index is 12.8. The molecule has 0 aliphatic rings. The lowest BCUT2D eigenvalue weighted by atomic mass is 10.0. The average Bonchev–Trinajstić information content (AvgIpc) is 3.24. The second-order valence-corrected chi connectivity index (χ2v) is 16.3. The fourth-order valence-electron chi connectivity index (χ4n) is 6.76. The van der Waals surface area contributed by atoms with Crippen molar-refractivity contribution >= 4 is 17.9 Å². The molecule has 0 N–H and O–H groups in total. The molecule has 60 heavy (non-hydrogen) atoms. The van der Waals surface area contributed by atoms with Crippen LogP contribution in [0, 0.1) is 0 Å². The van der Waals surface area contributed by atoms with Crippen molar-refractivity contribution in [3.05, 3.63) is 72.9 Å². The van der Waals surface area contributed by atoms with E-state index in [0.29, 0.717) is 19.3 Å². The summed E-state index contributed by atoms with van der Waals surface area (Å²) in [5.74, 6) is -0.920. The van der Waals surface area contributed by atoms with Crippen molar-refractivity contribution in [1.82, 2.24) is 0 Å². The lowest BCUT2D eigenvalue weighted by Crippen LogP contribution is -2.30. The van der Waals surface area contributed by atoms with E-state index in [1.165, 1.54) is 57.8 Å². The molecule has 0 radical (unpaired) electrons. The standard InChI is InChI=1S/C54H92O6/c1-4-7-10-13-16-19-22-25-27-29-32-34-37-40-43-46-52(55)58-49-51(60-54(57)48-45-42-39-36-31-24-21-18-15-12-9-6-3)50-59-53(56)47-44-41-38-35-33-30-28-26-23-20-17-14-11-8-5-2/h7-8,10-11,16-17,19-20,25-28,51H,4-6,9,12-15,18,21-24,29-50H2,1-3H3/b10-7-,11-8-,19-16-,20-17-,27-25-,28-26-. The Morgan fingerprint density at radius 1 is 0.350 bits per heavy atom. The minimum atomic E-state index is -0.786. The summed E-state index contributed by atoms with van der Waals surface area (Å²) >= 11 is 0. The van der Waals surface area contributed by atoms with Crippen molar-refractivity contribution in [3.63, 3.8) is 0 Å². The van der Waals surface area contributed by atoms with Gasteiger partial charge in [0.05, 0.1) is 0 Å². The largest absolute Gasteiger partial charge is 0.462 e. The zero-order valence-corrected chi connectivity index (χ0v) is 39.2. The van der Waals surface area contributed by atoms with Crippen LogP contribution in [0.3, 0.4) is 0 Å². The molecule has 0 aliphatic heterocycles. The van der Waals surface area contributed by atoms with Gasteiger partial charge in [-0.1, -0.05) is 203 Å². The minimum absolute atomic E-state index is 0.0890. The highest BCUT2D eigenvalue weighted by atomic mass is 16.6. The van der Waals surface area contributed by atoms with Crippen LogP contribution in [0.15, 0.2) is 72.9 Å². The van der Waals surface area contributed by atoms with Gasteiger partial charge in [0.25, 0.3) is 0 Å². The molecule has 0 aromatic carbocycles. The third kappa shape index (κ3) is 45.9. The third-order valence-corrected chi connectivity index (χ3v) is 10.5. The van der Waals surface area contributed by atoms with E-state index in [4.69, 9.17) is 14.2 Å². The van der Waals surface area contributed by atoms with Crippen LogP contribution in [-0.4, -0.2) is 37.2 Å². The summed E-state index contributed by atoms with van der Waals surface area (Å²) in [7, 11) is 0. The summed E-state index contributed by atoms with van der Waals surface area (Å²) in [5, 5.41) is 0. The predicted octanol–water partition coefficient (Wildman–Crippen LogP) is 16.3. The maximum atomic E-state index is 12.8. The summed E-state index contributed by atoms with van der Waals surface area (Å²) in [6.07, 6.45) is 60.2. The van der Waals surface area contributed by atoms with Crippen molar-refractivity contribution < 1.29 is 28.6 Å². The molecule has 0 spiro atoms. The van der Waals surface area contributed by atoms with Crippen LogP contribution in [0.2, 0.25) is 0 Å². The number of carbonyl (C=O) groups excluding carboxylic acids is 3. The number of allylic oxidation sites excluding steroid dienone is 12. The number of hydrogen-bond donors (Lipinski definition) is 0. The van der Waals surface area contributed by atoms with E-state index < -0.39 is 6.10 Å². The monoisotopic (exact) mass is 837 g/mol. The molecule has 0 saturated heterocycles. The van der Waals surface area contributed by atoms with Gasteiger partial charge >= 0.3 is 17.9 Å². The second-order valence-electron chi connectivity index (χ2n) is 16.3. The normalized spacial score (nSPS) is 12.2. The molecule has 0 saturated carbocycles. The first-order valence-electron chi connectivity index (χ1n) is 24.9. The molecular weight excluding hydrogens is 745 g/mol. The fraction of sp³-hybridized carbons (Fsp3) is 0.722. The van der Waals surface area contributed by atoms with E-state index in [1.807, 2.05) is 0 Å². The number of carbonyl (C=O) groups is 3. The van der Waals surface area contributed by atoms with Gasteiger partial charge in [0.2, 0.25) is 0 Å². The highest BCUT2D eigenvalue weighted by Crippen LogP contribution is 2.14. The van der Waals surface area contributed by atoms with Crippen LogP contribution in [0.4, 0.5) is 0 Å². The van der Waals surface area contributed by atoms with Crippen molar-refractivity contribution in [1.29, 1.82) is 0 Å². The van der Waals surface area contributed by atoms with Gasteiger partial charge in [0, 0.05) is 19.3 Å². The maximum Gasteiger partial charge on any atom is 0.306 e. The third-order valence-electron chi connectivity index (χ3n) is 10.5. The van der Waals surface area contributed by atoms with E-state index in [1.54, 1.807) is 0 Å². The molecule has 0 heterocycles. The molecular formula is C54H92O6. The van der Waals surface area contributed by atoms with Gasteiger partial charge in [-0.3, -0.25) is 14.4 Å². The smallest absolute Gasteiger partial charge is 0.306 e. The Hall–Kier alpha value is -3.15. The number of ether oxygens (including phenoxy) is 3. The average molecular weight is 837 g/mol. The van der Waals surface area contributed by atoms with E-state index in [9.17, 15) is 14.4 Å². The van der Waals surface area contributed by atoms with Crippen molar-refractivity contribution in [2.75, 3.05) is 13.2 Å². The first kappa shape index (κ1) is 56.9. The molecule has 0 amide bonds. The van der Waals surface area contributed by atoms with Crippen LogP contribution >= 0.6 is 0 Å². The number of rotatable bonds is 44.